The Morgan fingerprint density at radius 1 is 0.645 bits per heavy atom. The Balaban J connectivity index is 0.531. The summed E-state index contributed by atoms with van der Waals surface area (Å²) in [5.41, 5.74) is 9.51. The summed E-state index contributed by atoms with van der Waals surface area (Å²) < 4.78 is 102. The third kappa shape index (κ3) is 30.6. The number of aromatic nitrogens is 3. The van der Waals surface area contributed by atoms with E-state index in [1.54, 1.807) is 84.1 Å². The number of aliphatic hydroxyl groups is 1. The van der Waals surface area contributed by atoms with Gasteiger partial charge in [0.05, 0.1) is 148 Å². The van der Waals surface area contributed by atoms with E-state index in [0.29, 0.717) is 87.0 Å². The highest BCUT2D eigenvalue weighted by molar-refractivity contribution is 7.85. The van der Waals surface area contributed by atoms with Crippen LogP contribution >= 0.6 is 0 Å². The number of hydrogen-bond donors (Lipinski definition) is 11. The van der Waals surface area contributed by atoms with Gasteiger partial charge in [0.15, 0.2) is 23.5 Å². The third-order valence-electron chi connectivity index (χ3n) is 25.7. The summed E-state index contributed by atoms with van der Waals surface area (Å²) in [5, 5.41) is 42.7. The van der Waals surface area contributed by atoms with Crippen LogP contribution in [-0.2, 0) is 136 Å². The van der Waals surface area contributed by atoms with E-state index in [4.69, 9.17) is 67.1 Å². The van der Waals surface area contributed by atoms with Gasteiger partial charge >= 0.3 is 12.1 Å². The van der Waals surface area contributed by atoms with E-state index >= 15 is 0 Å². The zero-order chi connectivity index (χ0) is 98.6. The van der Waals surface area contributed by atoms with Crippen LogP contribution in [0.2, 0.25) is 0 Å². The van der Waals surface area contributed by atoms with E-state index < -0.39 is 130 Å². The Morgan fingerprint density at radius 2 is 1.27 bits per heavy atom. The summed E-state index contributed by atoms with van der Waals surface area (Å²) in [6.45, 7) is 13.1. The van der Waals surface area contributed by atoms with Crippen molar-refractivity contribution in [2.24, 2.45) is 40.2 Å². The predicted molar refractivity (Wildman–Crippen MR) is 502 cm³/mol. The topological polar surface area (TPSA) is 529 Å². The lowest BCUT2D eigenvalue weighted by molar-refractivity contribution is -0.201. The van der Waals surface area contributed by atoms with Crippen LogP contribution in [0.3, 0.4) is 0 Å². The molecule has 3 saturated carbocycles. The largest absolute Gasteiger partial charge is 0.445 e. The molecule has 5 aromatic rings. The minimum Gasteiger partial charge on any atom is -0.445 e. The van der Waals surface area contributed by atoms with Gasteiger partial charge in [-0.15, -0.1) is 5.10 Å². The van der Waals surface area contributed by atoms with Crippen molar-refractivity contribution in [2.75, 3.05) is 155 Å². The number of rotatable bonds is 59. The molecule has 12 N–H and O–H groups in total. The van der Waals surface area contributed by atoms with Gasteiger partial charge in [0.25, 0.3) is 10.1 Å². The lowest BCUT2D eigenvalue weighted by atomic mass is 9.46. The molecule has 4 fully saturated rings. The van der Waals surface area contributed by atoms with Crippen LogP contribution in [0.5, 0.6) is 0 Å². The van der Waals surface area contributed by atoms with Gasteiger partial charge in [-0.2, -0.15) is 8.42 Å². The molecular formula is C97H133N13O27S. The van der Waals surface area contributed by atoms with Gasteiger partial charge in [0.1, 0.15) is 43.8 Å². The molecule has 0 bridgehead atoms. The van der Waals surface area contributed by atoms with Crippen LogP contribution in [0.1, 0.15) is 128 Å². The number of nitrogens with one attached hydrogen (secondary N) is 8. The molecule has 2 aliphatic heterocycles. The highest BCUT2D eigenvalue weighted by Crippen LogP contribution is 2.70. The monoisotopic (exact) mass is 1940 g/mol. The molecule has 3 heterocycles. The van der Waals surface area contributed by atoms with Crippen molar-refractivity contribution >= 4 is 86.5 Å². The van der Waals surface area contributed by atoms with Gasteiger partial charge in [0, 0.05) is 85.3 Å². The number of ether oxygens (including phenoxy) is 12. The smallest absolute Gasteiger partial charge is 0.408 e. The molecule has 138 heavy (non-hydrogen) atoms. The number of para-hydroxylation sites is 1. The summed E-state index contributed by atoms with van der Waals surface area (Å²) in [7, 11) is -4.15. The number of carbonyl (C=O) groups excluding carboxylic acids is 11. The molecule has 12 atom stereocenters. The van der Waals surface area contributed by atoms with Crippen LogP contribution < -0.4 is 53.2 Å². The average molecular weight is 1950 g/mol. The van der Waals surface area contributed by atoms with Gasteiger partial charge in [-0.1, -0.05) is 143 Å². The lowest BCUT2D eigenvalue weighted by Gasteiger charge is -2.59. The highest BCUT2D eigenvalue weighted by Gasteiger charge is 2.76. The molecule has 40 nitrogen and oxygen atoms in total. The Morgan fingerprint density at radius 3 is 1.93 bits per heavy atom. The van der Waals surface area contributed by atoms with Gasteiger partial charge in [-0.25, -0.2) is 14.3 Å². The van der Waals surface area contributed by atoms with Crippen LogP contribution in [0.15, 0.2) is 127 Å². The minimum atomic E-state index is -4.15. The average Bonchev–Trinajstić information content (AvgIpc) is 1.50. The van der Waals surface area contributed by atoms with E-state index in [-0.39, 0.29) is 198 Å². The second kappa shape index (κ2) is 53.5. The Labute approximate surface area is 803 Å². The van der Waals surface area contributed by atoms with E-state index in [9.17, 15) is 66.3 Å². The van der Waals surface area contributed by atoms with E-state index in [1.807, 2.05) is 74.5 Å². The Bertz CT molecular complexity index is 5090. The number of ketones is 2. The number of aliphatic hydroxyl groups excluding tert-OH is 1. The number of amides is 10. The first kappa shape index (κ1) is 108. The predicted octanol–water partition coefficient (Wildman–Crippen LogP) is 5.65. The fourth-order valence-corrected chi connectivity index (χ4v) is 19.3. The van der Waals surface area contributed by atoms with E-state index in [0.717, 1.165) is 40.8 Å². The van der Waals surface area contributed by atoms with Crippen molar-refractivity contribution in [3.63, 3.8) is 0 Å². The maximum absolute atomic E-state index is 14.9. The highest BCUT2D eigenvalue weighted by atomic mass is 32.2. The number of alkyl carbamates (subject to hydrolysis) is 1. The molecule has 1 unspecified atom stereocenters. The van der Waals surface area contributed by atoms with Crippen molar-refractivity contribution in [1.29, 1.82) is 0 Å². The molecular weight excluding hydrogens is 1810 g/mol. The number of primary amides is 1. The zero-order valence-electron chi connectivity index (χ0n) is 79.1. The molecule has 0 spiro atoms. The second-order valence-corrected chi connectivity index (χ2v) is 37.2. The van der Waals surface area contributed by atoms with Crippen LogP contribution in [0, 0.1) is 34.5 Å². The maximum atomic E-state index is 14.9. The fourth-order valence-electron chi connectivity index (χ4n) is 18.9. The number of hydrogen-bond acceptors (Lipinski definition) is 28. The van der Waals surface area contributed by atoms with E-state index in [2.05, 4.69) is 59.8 Å². The summed E-state index contributed by atoms with van der Waals surface area (Å²) in [5.74, 6) is -4.88. The number of allylic oxidation sites excluding steroid dienone is 4. The number of nitrogens with two attached hydrogens (primary N) is 1. The molecule has 0 radical (unpaired) electrons. The third-order valence-corrected chi connectivity index (χ3v) is 26.4. The normalized spacial score (nSPS) is 21.2. The molecule has 10 amide bonds. The SMILES string of the molecule is CCCC1O[C@@H]2C[C@H]3[C@@H]4CCC5=CC(=O)C=C[C@]5(C)[C@H]4[C@@H](O)C[C@]3(C)[C@]2(C(=O)COCNC(=O)[C@@H](Cc2ccccc2)NC(=O)OCc2ccc(NC(=O)[C@@H](CCCNC(N)=O)NC(=O)[C@H](NC(=O)CCOCCOCCOCCOCCNC(=O)CCC(=O)N3Cc4ccccc4-c4c(nnn4CCOCCOCCOCCOCCC(=O)NCCS(=O)(=O)O)-c4ccccc43)C(C)C)cc2)O1. The molecule has 4 aromatic carbocycles. The molecule has 1 saturated heterocycles. The summed E-state index contributed by atoms with van der Waals surface area (Å²) in [6, 6.07) is 26.4. The number of carbonyl (C=O) groups is 11. The fraction of sp³-hybridized carbons (Fsp3) is 0.577. The molecule has 1 aromatic heterocycles. The molecule has 41 heteroatoms. The van der Waals surface area contributed by atoms with Crippen molar-refractivity contribution in [3.05, 3.63) is 144 Å². The summed E-state index contributed by atoms with van der Waals surface area (Å²) in [6.07, 6.45) is 6.06. The first-order chi connectivity index (χ1) is 66.5. The number of fused-ring (bicyclic) bond motifs is 12. The number of anilines is 2. The summed E-state index contributed by atoms with van der Waals surface area (Å²) in [4.78, 5) is 148. The number of urea groups is 1. The first-order valence-electron chi connectivity index (χ1n) is 47.3. The number of benzene rings is 4. The quantitative estimate of drug-likeness (QED) is 0.0127. The van der Waals surface area contributed by atoms with Gasteiger partial charge < -0.3 is 115 Å². The number of nitrogens with zero attached hydrogens (tertiary/aromatic N) is 4. The standard InChI is InChI=1S/C97H133N13O27S/c1-6-15-85-136-80-58-74-72-28-25-68-57-70(111)31-34-95(68,4)86(72)78(112)59-96(74,5)97(80,137-85)79(113)62-134-63-102-90(118)76(56-65-16-8-7-9-17-65)105-94(122)135-61-66-23-26-69(27-24-66)103-91(119)75(21-14-35-101-93(98)121)104-92(120)87(64(2)3)106-83(116)33-40-127-44-48-131-51-53-132-49-45-128-41-36-99-81(114)29-30-84(117)109-60-67-18-10-11-19-71(67)89-88(73-20-12-13-22-77(73)109)107-108-110(89)38-42-129-46-50-133-54-52-130-47-43-126-39-32-82(115)100-37-55-138(123,124)125/h7-13,16-20,22-24,26-27,31,34,57,64,72,74-76,78,80,85-87,112H,6,14-15,21,25,28-30,32-33,35-56,58-63H2,1-5H3,(H,99,114)(H,100,115)(H,102,118)(H,103,119)(H,104,120)(H,105,122)(H,106,116)(H3,98,101,121)(H,123,124,125)/t72-,74-,75+,76+,78-,80+,85?,86+,87+,95-,96-,97+/m0/s1. The Kier molecular flexibility index (Phi) is 41.7. The van der Waals surface area contributed by atoms with Crippen LogP contribution in [0.25, 0.3) is 22.5 Å². The zero-order valence-corrected chi connectivity index (χ0v) is 79.9. The van der Waals surface area contributed by atoms with Gasteiger partial charge in [-0.3, -0.25) is 47.7 Å². The van der Waals surface area contributed by atoms with Crippen LogP contribution in [0.4, 0.5) is 21.0 Å². The second-order valence-electron chi connectivity index (χ2n) is 35.6. The molecule has 6 aliphatic rings. The van der Waals surface area contributed by atoms with Crippen molar-refractivity contribution < 1.29 is 128 Å². The van der Waals surface area contributed by atoms with Gasteiger partial charge in [-0.05, 0) is 110 Å². The number of Topliss-reactive ketones (excluding diaryl/α,β-unsaturated/α-hetero) is 1. The minimum absolute atomic E-state index is 0.0152. The maximum Gasteiger partial charge on any atom is 0.408 e. The van der Waals surface area contributed by atoms with Crippen LogP contribution in [-0.4, -0.2) is 285 Å². The van der Waals surface area contributed by atoms with Crippen molar-refractivity contribution in [3.8, 4) is 22.5 Å². The van der Waals surface area contributed by atoms with Crippen molar-refractivity contribution in [2.45, 2.75) is 180 Å². The molecule has 4 aliphatic carbocycles. The lowest BCUT2D eigenvalue weighted by Crippen LogP contribution is -2.63. The van der Waals surface area contributed by atoms with Gasteiger partial charge in [0.2, 0.25) is 41.4 Å². The molecule has 11 rings (SSSR count). The molecule has 754 valence electrons. The van der Waals surface area contributed by atoms with E-state index in [1.165, 1.54) is 0 Å². The Hall–Kier alpha value is -10.9. The first-order valence-corrected chi connectivity index (χ1v) is 49.0. The summed E-state index contributed by atoms with van der Waals surface area (Å²) >= 11 is 0. The van der Waals surface area contributed by atoms with Crippen molar-refractivity contribution in [1.82, 2.24) is 52.2 Å².